The fraction of sp³-hybridized carbons (Fsp3) is 0.200. The van der Waals surface area contributed by atoms with Crippen LogP contribution in [0, 0.1) is 13.8 Å². The van der Waals surface area contributed by atoms with Crippen LogP contribution in [0.15, 0.2) is 29.6 Å². The number of hydrogen-bond donors (Lipinski definition) is 1. The number of rotatable bonds is 5. The van der Waals surface area contributed by atoms with Crippen molar-refractivity contribution in [1.82, 2.24) is 13.7 Å². The first kappa shape index (κ1) is 15.6. The molecular weight excluding hydrogens is 332 g/mol. The highest BCUT2D eigenvalue weighted by Gasteiger charge is 2.10. The zero-order chi connectivity index (χ0) is 16.2. The van der Waals surface area contributed by atoms with Gasteiger partial charge in [-0.15, -0.1) is 11.3 Å². The van der Waals surface area contributed by atoms with Crippen LogP contribution in [0.1, 0.15) is 27.4 Å². The van der Waals surface area contributed by atoms with Crippen LogP contribution in [0.25, 0.3) is 0 Å². The molecule has 0 saturated carbocycles. The number of aryl methyl sites for hydroxylation is 2. The van der Waals surface area contributed by atoms with Crippen LogP contribution in [0.3, 0.4) is 0 Å². The van der Waals surface area contributed by atoms with Gasteiger partial charge in [-0.05, 0) is 32.0 Å². The molecule has 1 N–H and O–H groups in total. The lowest BCUT2D eigenvalue weighted by Crippen LogP contribution is -2.11. The summed E-state index contributed by atoms with van der Waals surface area (Å²) < 4.78 is 14.0. The van der Waals surface area contributed by atoms with Gasteiger partial charge in [0.2, 0.25) is 0 Å². The molecule has 0 atom stereocenters. The summed E-state index contributed by atoms with van der Waals surface area (Å²) in [6, 6.07) is 7.02. The Bertz CT molecular complexity index is 828. The first-order chi connectivity index (χ1) is 11.1. The summed E-state index contributed by atoms with van der Waals surface area (Å²) in [5.41, 5.74) is 3.07. The molecule has 0 bridgehead atoms. The van der Waals surface area contributed by atoms with Crippen molar-refractivity contribution in [3.63, 3.8) is 0 Å². The highest BCUT2D eigenvalue weighted by Crippen LogP contribution is 2.19. The van der Waals surface area contributed by atoms with Crippen molar-refractivity contribution in [2.45, 2.75) is 20.5 Å². The van der Waals surface area contributed by atoms with Crippen LogP contribution in [0.5, 0.6) is 5.75 Å². The average Bonchev–Trinajstić information content (AvgIpc) is 3.14. The molecule has 23 heavy (non-hydrogen) atoms. The molecule has 0 aliphatic rings. The fourth-order valence-electron chi connectivity index (χ4n) is 1.84. The van der Waals surface area contributed by atoms with Gasteiger partial charge >= 0.3 is 0 Å². The Morgan fingerprint density at radius 3 is 2.87 bits per heavy atom. The van der Waals surface area contributed by atoms with Gasteiger partial charge in [-0.1, -0.05) is 6.07 Å². The van der Waals surface area contributed by atoms with Gasteiger partial charge in [0.1, 0.15) is 18.1 Å². The molecule has 118 valence electrons. The normalized spacial score (nSPS) is 10.5. The predicted molar refractivity (Wildman–Crippen MR) is 90.2 cm³/mol. The third-order valence-corrected chi connectivity index (χ3v) is 4.59. The molecule has 0 aliphatic carbocycles. The number of anilines is 1. The van der Waals surface area contributed by atoms with E-state index >= 15 is 0 Å². The number of benzene rings is 1. The number of amides is 1. The maximum absolute atomic E-state index is 12.2. The number of nitrogens with zero attached hydrogens (tertiary/aromatic N) is 3. The number of carbonyl (C=O) groups is 1. The molecule has 0 radical (unpaired) electrons. The van der Waals surface area contributed by atoms with Crippen molar-refractivity contribution in [3.8, 4) is 5.75 Å². The number of ether oxygens (including phenoxy) is 1. The molecule has 1 aromatic carbocycles. The SMILES string of the molecule is Cc1csc(NC(=O)c2cccc(OCc3nsnc3C)c2)n1. The molecule has 1 amide bonds. The van der Waals surface area contributed by atoms with Crippen molar-refractivity contribution in [1.29, 1.82) is 0 Å². The predicted octanol–water partition coefficient (Wildman–Crippen LogP) is 3.44. The van der Waals surface area contributed by atoms with Crippen LogP contribution < -0.4 is 10.1 Å². The molecule has 0 unspecified atom stereocenters. The van der Waals surface area contributed by atoms with E-state index in [0.29, 0.717) is 23.1 Å². The molecule has 3 rings (SSSR count). The Hall–Kier alpha value is -2.32. The number of carbonyl (C=O) groups excluding carboxylic acids is 1. The van der Waals surface area contributed by atoms with Crippen LogP contribution in [-0.4, -0.2) is 19.6 Å². The lowest BCUT2D eigenvalue weighted by atomic mass is 10.2. The molecule has 6 nitrogen and oxygen atoms in total. The molecule has 0 saturated heterocycles. The van der Waals surface area contributed by atoms with Gasteiger partial charge in [0.25, 0.3) is 5.91 Å². The van der Waals surface area contributed by atoms with Gasteiger partial charge < -0.3 is 4.74 Å². The minimum Gasteiger partial charge on any atom is -0.487 e. The Labute approximate surface area is 141 Å². The van der Waals surface area contributed by atoms with E-state index in [4.69, 9.17) is 4.74 Å². The summed E-state index contributed by atoms with van der Waals surface area (Å²) in [4.78, 5) is 16.5. The standard InChI is InChI=1S/C15H14N4O2S2/c1-9-8-22-15(16-9)17-14(20)11-4-3-5-12(6-11)21-7-13-10(2)18-23-19-13/h3-6,8H,7H2,1-2H3,(H,16,17,20). The summed E-state index contributed by atoms with van der Waals surface area (Å²) >= 11 is 2.56. The maximum Gasteiger partial charge on any atom is 0.257 e. The summed E-state index contributed by atoms with van der Waals surface area (Å²) in [5, 5.41) is 5.25. The van der Waals surface area contributed by atoms with Crippen LogP contribution in [0.4, 0.5) is 5.13 Å². The average molecular weight is 346 g/mol. The quantitative estimate of drug-likeness (QED) is 0.766. The van der Waals surface area contributed by atoms with E-state index in [1.54, 1.807) is 24.3 Å². The lowest BCUT2D eigenvalue weighted by Gasteiger charge is -2.07. The summed E-state index contributed by atoms with van der Waals surface area (Å²) in [5.74, 6) is 0.400. The molecule has 2 heterocycles. The van der Waals surface area contributed by atoms with E-state index in [1.165, 1.54) is 11.3 Å². The van der Waals surface area contributed by atoms with E-state index in [-0.39, 0.29) is 5.91 Å². The number of thiazole rings is 1. The van der Waals surface area contributed by atoms with E-state index in [1.807, 2.05) is 19.2 Å². The smallest absolute Gasteiger partial charge is 0.257 e. The van der Waals surface area contributed by atoms with Crippen molar-refractivity contribution < 1.29 is 9.53 Å². The second-order valence-corrected chi connectivity index (χ2v) is 6.25. The number of hydrogen-bond acceptors (Lipinski definition) is 7. The summed E-state index contributed by atoms with van der Waals surface area (Å²) in [6.07, 6.45) is 0. The zero-order valence-electron chi connectivity index (χ0n) is 12.6. The Morgan fingerprint density at radius 1 is 1.30 bits per heavy atom. The van der Waals surface area contributed by atoms with E-state index in [0.717, 1.165) is 28.8 Å². The summed E-state index contributed by atoms with van der Waals surface area (Å²) in [6.45, 7) is 4.11. The lowest BCUT2D eigenvalue weighted by molar-refractivity contribution is 0.102. The van der Waals surface area contributed by atoms with E-state index < -0.39 is 0 Å². The van der Waals surface area contributed by atoms with E-state index in [2.05, 4.69) is 19.0 Å². The zero-order valence-corrected chi connectivity index (χ0v) is 14.2. The second-order valence-electron chi connectivity index (χ2n) is 4.86. The highest BCUT2D eigenvalue weighted by atomic mass is 32.1. The minimum atomic E-state index is -0.212. The third kappa shape index (κ3) is 3.91. The Morgan fingerprint density at radius 2 is 2.17 bits per heavy atom. The van der Waals surface area contributed by atoms with Gasteiger partial charge in [0.15, 0.2) is 5.13 Å². The first-order valence-electron chi connectivity index (χ1n) is 6.86. The fourth-order valence-corrected chi connectivity index (χ4v) is 3.08. The Balaban J connectivity index is 1.67. The van der Waals surface area contributed by atoms with Gasteiger partial charge in [0.05, 0.1) is 23.1 Å². The molecule has 2 aromatic heterocycles. The maximum atomic E-state index is 12.2. The second kappa shape index (κ2) is 6.84. The minimum absolute atomic E-state index is 0.212. The van der Waals surface area contributed by atoms with Crippen LogP contribution >= 0.6 is 23.1 Å². The molecule has 8 heteroatoms. The third-order valence-electron chi connectivity index (χ3n) is 3.06. The largest absolute Gasteiger partial charge is 0.487 e. The van der Waals surface area contributed by atoms with E-state index in [9.17, 15) is 4.79 Å². The summed E-state index contributed by atoms with van der Waals surface area (Å²) in [7, 11) is 0. The number of aromatic nitrogens is 3. The Kier molecular flexibility index (Phi) is 4.63. The van der Waals surface area contributed by atoms with Crippen molar-refractivity contribution in [3.05, 3.63) is 52.3 Å². The van der Waals surface area contributed by atoms with Crippen LogP contribution in [-0.2, 0) is 6.61 Å². The highest BCUT2D eigenvalue weighted by molar-refractivity contribution is 7.13. The molecule has 0 aliphatic heterocycles. The molecular formula is C15H14N4O2S2. The van der Waals surface area contributed by atoms with Gasteiger partial charge in [-0.2, -0.15) is 8.75 Å². The van der Waals surface area contributed by atoms with Crippen LogP contribution in [0.2, 0.25) is 0 Å². The molecule has 0 fully saturated rings. The molecule has 0 spiro atoms. The van der Waals surface area contributed by atoms with Crippen molar-refractivity contribution in [2.24, 2.45) is 0 Å². The first-order valence-corrected chi connectivity index (χ1v) is 8.47. The van der Waals surface area contributed by atoms with Gasteiger partial charge in [-0.3, -0.25) is 10.1 Å². The van der Waals surface area contributed by atoms with Gasteiger partial charge in [-0.25, -0.2) is 4.98 Å². The topological polar surface area (TPSA) is 77.0 Å². The van der Waals surface area contributed by atoms with Crippen molar-refractivity contribution in [2.75, 3.05) is 5.32 Å². The van der Waals surface area contributed by atoms with Crippen molar-refractivity contribution >= 4 is 34.1 Å². The monoisotopic (exact) mass is 346 g/mol. The van der Waals surface area contributed by atoms with Gasteiger partial charge in [0, 0.05) is 10.9 Å². The number of nitrogens with one attached hydrogen (secondary N) is 1. The molecule has 3 aromatic rings.